The summed E-state index contributed by atoms with van der Waals surface area (Å²) in [7, 11) is 0. The molecule has 17 heavy (non-hydrogen) atoms. The molecule has 1 saturated carbocycles. The van der Waals surface area contributed by atoms with Gasteiger partial charge in [0.15, 0.2) is 0 Å². The van der Waals surface area contributed by atoms with Gasteiger partial charge in [-0.1, -0.05) is 34.1 Å². The van der Waals surface area contributed by atoms with Crippen molar-refractivity contribution < 1.29 is 9.90 Å². The zero-order valence-electron chi connectivity index (χ0n) is 9.40. The average molecular weight is 296 g/mol. The molecule has 1 atom stereocenters. The van der Waals surface area contributed by atoms with Gasteiger partial charge in [-0.15, -0.1) is 0 Å². The van der Waals surface area contributed by atoms with Crippen molar-refractivity contribution in [2.75, 3.05) is 6.54 Å². The Hall–Kier alpha value is -1.03. The summed E-state index contributed by atoms with van der Waals surface area (Å²) in [6.07, 6.45) is 2.53. The Balaban J connectivity index is 1.96. The van der Waals surface area contributed by atoms with Crippen molar-refractivity contribution in [2.24, 2.45) is 5.41 Å². The maximum atomic E-state index is 11.3. The first-order valence-corrected chi connectivity index (χ1v) is 6.65. The largest absolute Gasteiger partial charge is 0.465 e. The highest BCUT2D eigenvalue weighted by molar-refractivity contribution is 9.10. The Morgan fingerprint density at radius 1 is 1.41 bits per heavy atom. The molecule has 0 bridgehead atoms. The van der Waals surface area contributed by atoms with Crippen LogP contribution in [0.2, 0.25) is 0 Å². The average Bonchev–Trinajstić information content (AvgIpc) is 2.91. The highest BCUT2D eigenvalue weighted by atomic mass is 79.9. The molecule has 3 nitrogen and oxygen atoms in total. The van der Waals surface area contributed by atoms with Crippen LogP contribution in [0.25, 0.3) is 0 Å². The monoisotopic (exact) mass is 295 g/mol. The summed E-state index contributed by atoms with van der Waals surface area (Å²) in [5.41, 5.74) is 1.39. The molecule has 3 rings (SSSR count). The number of carboxylic acid groups (broad SMARTS) is 1. The molecule has 2 aliphatic rings. The number of rotatable bonds is 1. The van der Waals surface area contributed by atoms with Gasteiger partial charge >= 0.3 is 6.09 Å². The summed E-state index contributed by atoms with van der Waals surface area (Å²) in [6, 6.07) is 7.95. The van der Waals surface area contributed by atoms with E-state index in [4.69, 9.17) is 0 Å². The Kier molecular flexibility index (Phi) is 2.43. The van der Waals surface area contributed by atoms with Gasteiger partial charge in [0, 0.05) is 11.0 Å². The smallest absolute Gasteiger partial charge is 0.407 e. The highest BCUT2D eigenvalue weighted by Gasteiger charge is 2.53. The molecule has 0 radical (unpaired) electrons. The summed E-state index contributed by atoms with van der Waals surface area (Å²) in [5, 5.41) is 9.31. The second-order valence-electron chi connectivity index (χ2n) is 5.15. The third-order valence-corrected chi connectivity index (χ3v) is 4.70. The number of hydrogen-bond donors (Lipinski definition) is 1. The number of amides is 1. The fraction of sp³-hybridized carbons (Fsp3) is 0.462. The van der Waals surface area contributed by atoms with Gasteiger partial charge in [0.1, 0.15) is 0 Å². The van der Waals surface area contributed by atoms with Crippen LogP contribution in [0, 0.1) is 5.41 Å². The third kappa shape index (κ3) is 1.84. The van der Waals surface area contributed by atoms with E-state index in [2.05, 4.69) is 15.9 Å². The molecule has 1 aromatic rings. The molecular formula is C13H14BrNO2. The van der Waals surface area contributed by atoms with Gasteiger partial charge in [-0.2, -0.15) is 0 Å². The lowest BCUT2D eigenvalue weighted by Crippen LogP contribution is -2.29. The summed E-state index contributed by atoms with van der Waals surface area (Å²) in [6.45, 7) is 0.703. The number of nitrogens with zero attached hydrogens (tertiary/aromatic N) is 1. The van der Waals surface area contributed by atoms with Crippen LogP contribution in [-0.4, -0.2) is 22.6 Å². The van der Waals surface area contributed by atoms with Gasteiger partial charge in [0.25, 0.3) is 0 Å². The molecule has 1 aliphatic heterocycles. The standard InChI is InChI=1S/C13H14BrNO2/c14-10-4-2-1-3-9(10)11-7-13(5-6-13)8-15(11)12(16)17/h1-4,11H,5-8H2,(H,16,17). The molecular weight excluding hydrogens is 282 g/mol. The Bertz CT molecular complexity index is 470. The van der Waals surface area contributed by atoms with Crippen LogP contribution in [0.3, 0.4) is 0 Å². The van der Waals surface area contributed by atoms with Crippen molar-refractivity contribution in [1.29, 1.82) is 0 Å². The minimum atomic E-state index is -0.797. The van der Waals surface area contributed by atoms with Gasteiger partial charge in [0.2, 0.25) is 0 Å². The fourth-order valence-corrected chi connectivity index (χ4v) is 3.37. The third-order valence-electron chi connectivity index (χ3n) is 3.98. The highest BCUT2D eigenvalue weighted by Crippen LogP contribution is 2.58. The topological polar surface area (TPSA) is 40.5 Å². The lowest BCUT2D eigenvalue weighted by atomic mass is 9.98. The molecule has 1 amide bonds. The van der Waals surface area contributed by atoms with E-state index in [-0.39, 0.29) is 6.04 Å². The van der Waals surface area contributed by atoms with E-state index in [0.29, 0.717) is 12.0 Å². The molecule has 0 aromatic heterocycles. The quantitative estimate of drug-likeness (QED) is 0.859. The van der Waals surface area contributed by atoms with Crippen LogP contribution in [-0.2, 0) is 0 Å². The molecule has 1 spiro atoms. The summed E-state index contributed by atoms with van der Waals surface area (Å²) in [5.74, 6) is 0. The van der Waals surface area contributed by atoms with Crippen LogP contribution in [0.4, 0.5) is 4.79 Å². The van der Waals surface area contributed by atoms with Crippen molar-refractivity contribution in [3.63, 3.8) is 0 Å². The van der Waals surface area contributed by atoms with Gasteiger partial charge in [-0.25, -0.2) is 4.79 Å². The Labute approximate surface area is 109 Å². The number of likely N-dealkylation sites (tertiary alicyclic amines) is 1. The van der Waals surface area contributed by atoms with Crippen molar-refractivity contribution in [3.8, 4) is 0 Å². The normalized spacial score (nSPS) is 25.2. The second kappa shape index (κ2) is 3.73. The lowest BCUT2D eigenvalue weighted by Gasteiger charge is -2.22. The summed E-state index contributed by atoms with van der Waals surface area (Å²) < 4.78 is 1.01. The molecule has 1 saturated heterocycles. The van der Waals surface area contributed by atoms with Gasteiger partial charge in [0.05, 0.1) is 6.04 Å². The number of carbonyl (C=O) groups is 1. The number of halogens is 1. The van der Waals surface area contributed by atoms with Crippen molar-refractivity contribution in [2.45, 2.75) is 25.3 Å². The Morgan fingerprint density at radius 2 is 2.12 bits per heavy atom. The van der Waals surface area contributed by atoms with Crippen LogP contribution in [0.5, 0.6) is 0 Å². The van der Waals surface area contributed by atoms with E-state index in [0.717, 1.165) is 16.5 Å². The summed E-state index contributed by atoms with van der Waals surface area (Å²) in [4.78, 5) is 12.9. The molecule has 1 heterocycles. The molecule has 1 N–H and O–H groups in total. The number of hydrogen-bond acceptors (Lipinski definition) is 1. The van der Waals surface area contributed by atoms with E-state index in [9.17, 15) is 9.90 Å². The van der Waals surface area contributed by atoms with Gasteiger partial charge < -0.3 is 10.0 Å². The maximum Gasteiger partial charge on any atom is 0.407 e. The molecule has 90 valence electrons. The predicted octanol–water partition coefficient (Wildman–Crippen LogP) is 3.65. The van der Waals surface area contributed by atoms with Crippen molar-refractivity contribution >= 4 is 22.0 Å². The lowest BCUT2D eigenvalue weighted by molar-refractivity contribution is 0.139. The first-order chi connectivity index (χ1) is 8.11. The van der Waals surface area contributed by atoms with Crippen LogP contribution < -0.4 is 0 Å². The van der Waals surface area contributed by atoms with E-state index in [1.165, 1.54) is 12.8 Å². The molecule has 2 fully saturated rings. The van der Waals surface area contributed by atoms with Crippen LogP contribution in [0.1, 0.15) is 30.9 Å². The molecule has 1 aliphatic carbocycles. The van der Waals surface area contributed by atoms with Gasteiger partial charge in [-0.3, -0.25) is 0 Å². The van der Waals surface area contributed by atoms with E-state index in [1.54, 1.807) is 4.90 Å². The molecule has 1 unspecified atom stereocenters. The maximum absolute atomic E-state index is 11.3. The minimum Gasteiger partial charge on any atom is -0.465 e. The van der Waals surface area contributed by atoms with Crippen molar-refractivity contribution in [3.05, 3.63) is 34.3 Å². The van der Waals surface area contributed by atoms with Crippen molar-refractivity contribution in [1.82, 2.24) is 4.90 Å². The number of benzene rings is 1. The van der Waals surface area contributed by atoms with E-state index >= 15 is 0 Å². The Morgan fingerprint density at radius 3 is 2.71 bits per heavy atom. The van der Waals surface area contributed by atoms with E-state index < -0.39 is 6.09 Å². The zero-order chi connectivity index (χ0) is 12.0. The minimum absolute atomic E-state index is 0.0191. The van der Waals surface area contributed by atoms with E-state index in [1.807, 2.05) is 24.3 Å². The first-order valence-electron chi connectivity index (χ1n) is 5.85. The molecule has 4 heteroatoms. The SMILES string of the molecule is O=C(O)N1CC2(CC2)CC1c1ccccc1Br. The zero-order valence-corrected chi connectivity index (χ0v) is 11.0. The first kappa shape index (κ1) is 11.1. The summed E-state index contributed by atoms with van der Waals surface area (Å²) >= 11 is 3.52. The van der Waals surface area contributed by atoms with Crippen LogP contribution in [0.15, 0.2) is 28.7 Å². The fourth-order valence-electron chi connectivity index (χ4n) is 2.82. The van der Waals surface area contributed by atoms with Gasteiger partial charge in [-0.05, 0) is 36.3 Å². The second-order valence-corrected chi connectivity index (χ2v) is 6.01. The van der Waals surface area contributed by atoms with Crippen LogP contribution >= 0.6 is 15.9 Å². The molecule has 1 aromatic carbocycles. The predicted molar refractivity (Wildman–Crippen MR) is 67.9 cm³/mol.